The monoisotopic (exact) mass is 205 g/mol. The molecule has 4 atom stereocenters. The minimum Gasteiger partial charge on any atom is -0.371 e. The van der Waals surface area contributed by atoms with E-state index >= 15 is 0 Å². The second-order valence-electron chi connectivity index (χ2n) is 3.77. The van der Waals surface area contributed by atoms with Crippen molar-refractivity contribution < 1.29 is 19.5 Å². The SMILES string of the molecule is CO[C@H]1[C@H](C)OC(O)C[C@]1(C)[N+](=O)[O-]. The lowest BCUT2D eigenvalue weighted by atomic mass is 9.86. The van der Waals surface area contributed by atoms with Gasteiger partial charge in [0.1, 0.15) is 0 Å². The first-order valence-corrected chi connectivity index (χ1v) is 4.42. The van der Waals surface area contributed by atoms with E-state index in [4.69, 9.17) is 9.47 Å². The average Bonchev–Trinajstić information content (AvgIpc) is 2.02. The van der Waals surface area contributed by atoms with Crippen molar-refractivity contribution in [3.8, 4) is 0 Å². The van der Waals surface area contributed by atoms with Crippen molar-refractivity contribution in [2.24, 2.45) is 0 Å². The number of nitro groups is 1. The summed E-state index contributed by atoms with van der Waals surface area (Å²) in [6.45, 7) is 3.11. The van der Waals surface area contributed by atoms with Crippen LogP contribution in [0.25, 0.3) is 0 Å². The Balaban J connectivity index is 2.93. The Morgan fingerprint density at radius 2 is 2.29 bits per heavy atom. The second kappa shape index (κ2) is 3.80. The molecule has 6 heteroatoms. The highest BCUT2D eigenvalue weighted by Crippen LogP contribution is 2.32. The van der Waals surface area contributed by atoms with Gasteiger partial charge in [-0.25, -0.2) is 0 Å². The van der Waals surface area contributed by atoms with Gasteiger partial charge in [0, 0.05) is 19.0 Å². The smallest absolute Gasteiger partial charge is 0.252 e. The van der Waals surface area contributed by atoms with Gasteiger partial charge in [-0.3, -0.25) is 10.1 Å². The van der Waals surface area contributed by atoms with Crippen molar-refractivity contribution in [2.45, 2.75) is 44.3 Å². The highest BCUT2D eigenvalue weighted by atomic mass is 16.7. The lowest BCUT2D eigenvalue weighted by molar-refractivity contribution is -0.594. The summed E-state index contributed by atoms with van der Waals surface area (Å²) in [5.41, 5.74) is -1.29. The van der Waals surface area contributed by atoms with E-state index in [-0.39, 0.29) is 6.42 Å². The second-order valence-corrected chi connectivity index (χ2v) is 3.77. The molecule has 1 aliphatic heterocycles. The zero-order valence-electron chi connectivity index (χ0n) is 8.47. The highest BCUT2D eigenvalue weighted by molar-refractivity contribution is 4.92. The molecule has 1 rings (SSSR count). The Kier molecular flexibility index (Phi) is 3.08. The maximum Gasteiger partial charge on any atom is 0.252 e. The van der Waals surface area contributed by atoms with Crippen LogP contribution in [-0.4, -0.2) is 41.2 Å². The van der Waals surface area contributed by atoms with Gasteiger partial charge in [-0.1, -0.05) is 0 Å². The van der Waals surface area contributed by atoms with Crippen LogP contribution >= 0.6 is 0 Å². The van der Waals surface area contributed by atoms with Crippen LogP contribution < -0.4 is 0 Å². The summed E-state index contributed by atoms with van der Waals surface area (Å²) in [5, 5.41) is 20.2. The van der Waals surface area contributed by atoms with Crippen molar-refractivity contribution in [1.82, 2.24) is 0 Å². The van der Waals surface area contributed by atoms with Gasteiger partial charge in [-0.2, -0.15) is 0 Å². The van der Waals surface area contributed by atoms with E-state index in [0.29, 0.717) is 0 Å². The number of nitrogens with zero attached hydrogens (tertiary/aromatic N) is 1. The van der Waals surface area contributed by atoms with Gasteiger partial charge in [-0.05, 0) is 6.92 Å². The summed E-state index contributed by atoms with van der Waals surface area (Å²) < 4.78 is 10.1. The van der Waals surface area contributed by atoms with Crippen molar-refractivity contribution in [1.29, 1.82) is 0 Å². The van der Waals surface area contributed by atoms with Crippen molar-refractivity contribution >= 4 is 0 Å². The maximum absolute atomic E-state index is 10.9. The van der Waals surface area contributed by atoms with Gasteiger partial charge < -0.3 is 14.6 Å². The average molecular weight is 205 g/mol. The Labute approximate surface area is 82.0 Å². The normalized spacial score (nSPS) is 43.6. The molecule has 0 aromatic carbocycles. The minimum atomic E-state index is -1.29. The quantitative estimate of drug-likeness (QED) is 0.513. The van der Waals surface area contributed by atoms with Gasteiger partial charge >= 0.3 is 0 Å². The zero-order chi connectivity index (χ0) is 10.9. The molecule has 0 saturated carbocycles. The largest absolute Gasteiger partial charge is 0.371 e. The summed E-state index contributed by atoms with van der Waals surface area (Å²) in [5.74, 6) is 0. The van der Waals surface area contributed by atoms with Gasteiger partial charge in [0.2, 0.25) is 0 Å². The zero-order valence-corrected chi connectivity index (χ0v) is 8.47. The summed E-state index contributed by atoms with van der Waals surface area (Å²) in [6.07, 6.45) is -2.27. The fraction of sp³-hybridized carbons (Fsp3) is 1.00. The summed E-state index contributed by atoms with van der Waals surface area (Å²) in [6, 6.07) is 0. The molecule has 0 spiro atoms. The molecular formula is C8H15NO5. The third kappa shape index (κ3) is 1.73. The van der Waals surface area contributed by atoms with E-state index in [1.165, 1.54) is 14.0 Å². The fourth-order valence-corrected chi connectivity index (χ4v) is 1.97. The van der Waals surface area contributed by atoms with Gasteiger partial charge in [-0.15, -0.1) is 0 Å². The molecule has 1 fully saturated rings. The summed E-state index contributed by atoms with van der Waals surface area (Å²) in [7, 11) is 1.41. The molecule has 0 radical (unpaired) electrons. The number of hydrogen-bond acceptors (Lipinski definition) is 5. The van der Waals surface area contributed by atoms with Crippen LogP contribution in [0.2, 0.25) is 0 Å². The Morgan fingerprint density at radius 1 is 1.71 bits per heavy atom. The molecule has 0 aromatic rings. The highest BCUT2D eigenvalue weighted by Gasteiger charge is 2.54. The lowest BCUT2D eigenvalue weighted by Crippen LogP contribution is -2.59. The molecule has 1 aliphatic rings. The molecule has 1 unspecified atom stereocenters. The van der Waals surface area contributed by atoms with E-state index in [0.717, 1.165) is 0 Å². The number of ether oxygens (including phenoxy) is 2. The number of aliphatic hydroxyl groups is 1. The number of rotatable bonds is 2. The van der Waals surface area contributed by atoms with Crippen LogP contribution in [0, 0.1) is 10.1 Å². The molecule has 1 N–H and O–H groups in total. The molecule has 82 valence electrons. The lowest BCUT2D eigenvalue weighted by Gasteiger charge is -2.39. The third-order valence-corrected chi connectivity index (χ3v) is 2.67. The number of hydrogen-bond donors (Lipinski definition) is 1. The van der Waals surface area contributed by atoms with Gasteiger partial charge in [0.25, 0.3) is 5.54 Å². The summed E-state index contributed by atoms with van der Waals surface area (Å²) in [4.78, 5) is 10.5. The first kappa shape index (κ1) is 11.4. The van der Waals surface area contributed by atoms with E-state index in [1.807, 2.05) is 0 Å². The van der Waals surface area contributed by atoms with Crippen LogP contribution in [0.4, 0.5) is 0 Å². The molecule has 0 amide bonds. The maximum atomic E-state index is 10.9. The fourth-order valence-electron chi connectivity index (χ4n) is 1.97. The molecule has 14 heavy (non-hydrogen) atoms. The predicted molar refractivity (Wildman–Crippen MR) is 47.4 cm³/mol. The van der Waals surface area contributed by atoms with Crippen LogP contribution in [0.5, 0.6) is 0 Å². The molecule has 1 heterocycles. The van der Waals surface area contributed by atoms with Gasteiger partial charge in [0.15, 0.2) is 12.4 Å². The molecule has 0 bridgehead atoms. The van der Waals surface area contributed by atoms with E-state index in [1.54, 1.807) is 6.92 Å². The predicted octanol–water partition coefficient (Wildman–Crippen LogP) is 0.164. The number of aliphatic hydroxyl groups excluding tert-OH is 1. The summed E-state index contributed by atoms with van der Waals surface area (Å²) >= 11 is 0. The van der Waals surface area contributed by atoms with Crippen LogP contribution in [0.15, 0.2) is 0 Å². The number of methoxy groups -OCH3 is 1. The molecular weight excluding hydrogens is 190 g/mol. The topological polar surface area (TPSA) is 81.8 Å². The minimum absolute atomic E-state index is 0.0527. The van der Waals surface area contributed by atoms with Crippen molar-refractivity contribution in [3.05, 3.63) is 10.1 Å². The standard InChI is InChI=1S/C8H15NO5/c1-5-7(13-3)8(2,9(11)12)4-6(10)14-5/h5-7,10H,4H2,1-3H3/t5-,6?,7-,8-/m0/s1. The van der Waals surface area contributed by atoms with E-state index in [9.17, 15) is 15.2 Å². The van der Waals surface area contributed by atoms with Crippen molar-refractivity contribution in [2.75, 3.05) is 7.11 Å². The van der Waals surface area contributed by atoms with Crippen LogP contribution in [-0.2, 0) is 9.47 Å². The van der Waals surface area contributed by atoms with Crippen LogP contribution in [0.1, 0.15) is 20.3 Å². The Bertz CT molecular complexity index is 234. The first-order chi connectivity index (χ1) is 6.41. The Morgan fingerprint density at radius 3 is 2.71 bits per heavy atom. The van der Waals surface area contributed by atoms with E-state index < -0.39 is 29.0 Å². The molecule has 0 aromatic heterocycles. The van der Waals surface area contributed by atoms with Crippen molar-refractivity contribution in [3.63, 3.8) is 0 Å². The van der Waals surface area contributed by atoms with Crippen LogP contribution in [0.3, 0.4) is 0 Å². The Hall–Kier alpha value is -0.720. The molecule has 0 aliphatic carbocycles. The first-order valence-electron chi connectivity index (χ1n) is 4.42. The third-order valence-electron chi connectivity index (χ3n) is 2.67. The van der Waals surface area contributed by atoms with Gasteiger partial charge in [0.05, 0.1) is 12.5 Å². The molecule has 1 saturated heterocycles. The van der Waals surface area contributed by atoms with E-state index in [2.05, 4.69) is 0 Å². The molecule has 6 nitrogen and oxygen atoms in total.